The number of carbonyl (C=O) groups is 1. The summed E-state index contributed by atoms with van der Waals surface area (Å²) in [5.74, 6) is -0.700. The molecule has 0 saturated carbocycles. The smallest absolute Gasteiger partial charge is 0.322 e. The van der Waals surface area contributed by atoms with Crippen LogP contribution >= 0.6 is 11.6 Å². The van der Waals surface area contributed by atoms with E-state index in [-0.39, 0.29) is 21.8 Å². The van der Waals surface area contributed by atoms with Gasteiger partial charge in [-0.15, -0.1) is 0 Å². The van der Waals surface area contributed by atoms with Crippen molar-refractivity contribution < 1.29 is 26.4 Å². The minimum atomic E-state index is -4.61. The molecule has 11 heteroatoms. The molecule has 0 bridgehead atoms. The number of carbonyl (C=O) groups excluding carboxylic acids is 1. The van der Waals surface area contributed by atoms with E-state index in [9.17, 15) is 26.4 Å². The molecule has 0 aliphatic carbocycles. The third kappa shape index (κ3) is 5.28. The van der Waals surface area contributed by atoms with E-state index in [0.717, 1.165) is 12.3 Å². The van der Waals surface area contributed by atoms with Crippen molar-refractivity contribution in [1.82, 2.24) is 4.98 Å². The van der Waals surface area contributed by atoms with Gasteiger partial charge < -0.3 is 5.32 Å². The van der Waals surface area contributed by atoms with Crippen LogP contribution in [0.15, 0.2) is 71.8 Å². The second-order valence-electron chi connectivity index (χ2n) is 6.02. The lowest BCUT2D eigenvalue weighted by Gasteiger charge is -2.11. The zero-order chi connectivity index (χ0) is 21.9. The molecular formula is C19H13ClF3N3O3S. The monoisotopic (exact) mass is 455 g/mol. The standard InChI is InChI=1S/C19H13ClF3N3O3S/c20-13-5-7-16(8-6-13)30(28,29)26-15-3-1-2-14(10-15)25-18(27)12-4-9-17(24-11-12)19(21,22)23/h1-11,26H,(H,25,27). The van der Waals surface area contributed by atoms with Crippen LogP contribution in [0.25, 0.3) is 0 Å². The fraction of sp³-hybridized carbons (Fsp3) is 0.0526. The maximum Gasteiger partial charge on any atom is 0.433 e. The summed E-state index contributed by atoms with van der Waals surface area (Å²) in [6.45, 7) is 0. The quantitative estimate of drug-likeness (QED) is 0.578. The summed E-state index contributed by atoms with van der Waals surface area (Å²) in [5.41, 5.74) is -0.794. The van der Waals surface area contributed by atoms with Crippen LogP contribution in [-0.4, -0.2) is 19.3 Å². The number of nitrogens with zero attached hydrogens (tertiary/aromatic N) is 1. The highest BCUT2D eigenvalue weighted by molar-refractivity contribution is 7.92. The first kappa shape index (κ1) is 21.6. The number of alkyl halides is 3. The topological polar surface area (TPSA) is 88.2 Å². The normalized spacial score (nSPS) is 11.7. The number of hydrogen-bond acceptors (Lipinski definition) is 4. The number of sulfonamides is 1. The van der Waals surface area contributed by atoms with Crippen LogP contribution in [-0.2, 0) is 16.2 Å². The minimum absolute atomic E-state index is 0.00262. The number of nitrogens with one attached hydrogen (secondary N) is 2. The highest BCUT2D eigenvalue weighted by atomic mass is 35.5. The van der Waals surface area contributed by atoms with E-state index in [0.29, 0.717) is 11.1 Å². The largest absolute Gasteiger partial charge is 0.433 e. The van der Waals surface area contributed by atoms with Gasteiger partial charge in [0.25, 0.3) is 15.9 Å². The van der Waals surface area contributed by atoms with E-state index < -0.39 is 27.8 Å². The van der Waals surface area contributed by atoms with Crippen LogP contribution in [0.5, 0.6) is 0 Å². The van der Waals surface area contributed by atoms with Crippen LogP contribution < -0.4 is 10.0 Å². The predicted molar refractivity (Wildman–Crippen MR) is 106 cm³/mol. The second kappa shape index (κ2) is 8.33. The molecule has 30 heavy (non-hydrogen) atoms. The van der Waals surface area contributed by atoms with Gasteiger partial charge in [-0.2, -0.15) is 13.2 Å². The number of aromatic nitrogens is 1. The van der Waals surface area contributed by atoms with Gasteiger partial charge in [-0.25, -0.2) is 8.42 Å². The molecule has 3 aromatic rings. The van der Waals surface area contributed by atoms with Gasteiger partial charge in [-0.1, -0.05) is 17.7 Å². The number of rotatable bonds is 5. The molecule has 156 valence electrons. The summed E-state index contributed by atoms with van der Waals surface area (Å²) < 4.78 is 64.9. The van der Waals surface area contributed by atoms with E-state index in [2.05, 4.69) is 15.0 Å². The lowest BCUT2D eigenvalue weighted by Crippen LogP contribution is -2.15. The molecule has 2 N–H and O–H groups in total. The molecule has 1 heterocycles. The SMILES string of the molecule is O=C(Nc1cccc(NS(=O)(=O)c2ccc(Cl)cc2)c1)c1ccc(C(F)(F)F)nc1. The van der Waals surface area contributed by atoms with Gasteiger partial charge in [0.1, 0.15) is 5.69 Å². The Labute approximate surface area is 174 Å². The Balaban J connectivity index is 1.74. The van der Waals surface area contributed by atoms with Crippen molar-refractivity contribution in [3.8, 4) is 0 Å². The van der Waals surface area contributed by atoms with Crippen molar-refractivity contribution >= 4 is 38.9 Å². The Hall–Kier alpha value is -3.11. The van der Waals surface area contributed by atoms with Crippen LogP contribution in [0.3, 0.4) is 0 Å². The summed E-state index contributed by atoms with van der Waals surface area (Å²) in [5, 5.41) is 2.86. The molecule has 0 aliphatic rings. The van der Waals surface area contributed by atoms with Gasteiger partial charge in [0.05, 0.1) is 16.1 Å². The Bertz CT molecular complexity index is 1170. The molecule has 1 amide bonds. The highest BCUT2D eigenvalue weighted by Gasteiger charge is 2.32. The van der Waals surface area contributed by atoms with Gasteiger partial charge in [0.15, 0.2) is 0 Å². The molecule has 3 rings (SSSR count). The zero-order valence-corrected chi connectivity index (χ0v) is 16.5. The maximum absolute atomic E-state index is 12.6. The van der Waals surface area contributed by atoms with Gasteiger partial charge in [-0.3, -0.25) is 14.5 Å². The van der Waals surface area contributed by atoms with E-state index >= 15 is 0 Å². The number of amides is 1. The Kier molecular flexibility index (Phi) is 5.99. The third-order valence-corrected chi connectivity index (χ3v) is 5.46. The fourth-order valence-electron chi connectivity index (χ4n) is 2.39. The van der Waals surface area contributed by atoms with Crippen molar-refractivity contribution in [3.63, 3.8) is 0 Å². The zero-order valence-electron chi connectivity index (χ0n) is 14.9. The Morgan fingerprint density at radius 3 is 2.23 bits per heavy atom. The summed E-state index contributed by atoms with van der Waals surface area (Å²) in [4.78, 5) is 15.5. The first-order chi connectivity index (χ1) is 14.0. The van der Waals surface area contributed by atoms with Gasteiger partial charge in [0.2, 0.25) is 0 Å². The molecule has 0 aliphatic heterocycles. The number of benzene rings is 2. The molecular weight excluding hydrogens is 443 g/mol. The predicted octanol–water partition coefficient (Wildman–Crippen LogP) is 4.81. The number of hydrogen-bond donors (Lipinski definition) is 2. The second-order valence-corrected chi connectivity index (χ2v) is 8.14. The van der Waals surface area contributed by atoms with Crippen molar-refractivity contribution in [2.24, 2.45) is 0 Å². The summed E-state index contributed by atoms with van der Waals surface area (Å²) in [6.07, 6.45) is -3.80. The van der Waals surface area contributed by atoms with Crippen molar-refractivity contribution in [2.75, 3.05) is 10.0 Å². The Morgan fingerprint density at radius 1 is 0.967 bits per heavy atom. The third-order valence-electron chi connectivity index (χ3n) is 3.81. The molecule has 0 unspecified atom stereocenters. The van der Waals surface area contributed by atoms with Crippen LogP contribution in [0.4, 0.5) is 24.5 Å². The molecule has 0 spiro atoms. The van der Waals surface area contributed by atoms with E-state index in [4.69, 9.17) is 11.6 Å². The maximum atomic E-state index is 12.6. The van der Waals surface area contributed by atoms with Gasteiger partial charge >= 0.3 is 6.18 Å². The van der Waals surface area contributed by atoms with Crippen LogP contribution in [0, 0.1) is 0 Å². The van der Waals surface area contributed by atoms with E-state index in [1.165, 1.54) is 48.5 Å². The highest BCUT2D eigenvalue weighted by Crippen LogP contribution is 2.27. The lowest BCUT2D eigenvalue weighted by molar-refractivity contribution is -0.141. The number of anilines is 2. The molecule has 2 aromatic carbocycles. The first-order valence-corrected chi connectivity index (χ1v) is 10.1. The number of pyridine rings is 1. The average Bonchev–Trinajstić information content (AvgIpc) is 2.67. The van der Waals surface area contributed by atoms with Gasteiger partial charge in [0, 0.05) is 16.9 Å². The lowest BCUT2D eigenvalue weighted by atomic mass is 10.2. The molecule has 0 radical (unpaired) electrons. The van der Waals surface area contributed by atoms with E-state index in [1.54, 1.807) is 0 Å². The Morgan fingerprint density at radius 2 is 1.63 bits per heavy atom. The van der Waals surface area contributed by atoms with Crippen molar-refractivity contribution in [2.45, 2.75) is 11.1 Å². The van der Waals surface area contributed by atoms with Crippen LogP contribution in [0.1, 0.15) is 16.1 Å². The number of halogens is 4. The summed E-state index contributed by atoms with van der Waals surface area (Å²) in [7, 11) is -3.88. The van der Waals surface area contributed by atoms with Crippen LogP contribution in [0.2, 0.25) is 5.02 Å². The average molecular weight is 456 g/mol. The van der Waals surface area contributed by atoms with Crippen molar-refractivity contribution in [3.05, 3.63) is 83.1 Å². The minimum Gasteiger partial charge on any atom is -0.322 e. The van der Waals surface area contributed by atoms with E-state index in [1.807, 2.05) is 0 Å². The molecule has 0 fully saturated rings. The molecule has 1 aromatic heterocycles. The van der Waals surface area contributed by atoms with Gasteiger partial charge in [-0.05, 0) is 54.6 Å². The summed E-state index contributed by atoms with van der Waals surface area (Å²) in [6, 6.07) is 13.1. The molecule has 0 saturated heterocycles. The fourth-order valence-corrected chi connectivity index (χ4v) is 3.56. The molecule has 6 nitrogen and oxygen atoms in total. The first-order valence-electron chi connectivity index (χ1n) is 8.28. The van der Waals surface area contributed by atoms with Crippen molar-refractivity contribution in [1.29, 1.82) is 0 Å². The summed E-state index contributed by atoms with van der Waals surface area (Å²) >= 11 is 5.76. The molecule has 0 atom stereocenters.